The fraction of sp³-hybridized carbons (Fsp3) is 0.789. The summed E-state index contributed by atoms with van der Waals surface area (Å²) in [5.74, 6) is -2.62. The Morgan fingerprint density at radius 1 is 0.879 bits per heavy atom. The van der Waals surface area contributed by atoms with Gasteiger partial charge in [0.15, 0.2) is 0 Å². The number of hydrogen-bond donors (Lipinski definition) is 0. The van der Waals surface area contributed by atoms with Gasteiger partial charge in [-0.05, 0) is 0 Å². The maximum absolute atomic E-state index is 11.9. The van der Waals surface area contributed by atoms with Crippen molar-refractivity contribution in [1.29, 1.82) is 0 Å². The van der Waals surface area contributed by atoms with Gasteiger partial charge in [0.25, 0.3) is 0 Å². The summed E-state index contributed by atoms with van der Waals surface area (Å²) in [5.41, 5.74) is -0.209. The molecule has 0 amide bonds. The van der Waals surface area contributed by atoms with E-state index >= 15 is 0 Å². The molecule has 33 heavy (non-hydrogen) atoms. The Morgan fingerprint density at radius 2 is 1.36 bits per heavy atom. The SMILES string of the molecule is CC(=O)OC[C@H]1O[C@@H]([Se]P2(=S)OCC(C)(C)CO2)[C@H](OC(C)=O)[C@@H](OC(C)=O)[C@@H]1OC(C)=O. The third-order valence-electron chi connectivity index (χ3n) is 4.41. The Hall–Kier alpha value is -1.07. The molecule has 11 nitrogen and oxygen atoms in total. The van der Waals surface area contributed by atoms with Crippen LogP contribution in [0.4, 0.5) is 0 Å². The summed E-state index contributed by atoms with van der Waals surface area (Å²) in [6, 6.07) is 0. The summed E-state index contributed by atoms with van der Waals surface area (Å²) in [5, 5.41) is -3.68. The molecule has 0 aromatic heterocycles. The van der Waals surface area contributed by atoms with E-state index in [1.54, 1.807) is 0 Å². The first-order chi connectivity index (χ1) is 15.2. The van der Waals surface area contributed by atoms with Gasteiger partial charge in [-0.1, -0.05) is 0 Å². The number of hydrogen-bond acceptors (Lipinski definition) is 12. The fourth-order valence-electron chi connectivity index (χ4n) is 3.05. The molecule has 0 aromatic rings. The van der Waals surface area contributed by atoms with Gasteiger partial charge >= 0.3 is 203 Å². The zero-order chi connectivity index (χ0) is 25.0. The average Bonchev–Trinajstić information content (AvgIpc) is 2.67. The Morgan fingerprint density at radius 3 is 1.85 bits per heavy atom. The van der Waals surface area contributed by atoms with Gasteiger partial charge in [0.2, 0.25) is 0 Å². The van der Waals surface area contributed by atoms with Gasteiger partial charge in [0.05, 0.1) is 0 Å². The van der Waals surface area contributed by atoms with E-state index in [9.17, 15) is 19.2 Å². The van der Waals surface area contributed by atoms with Gasteiger partial charge in [0.1, 0.15) is 0 Å². The molecule has 2 aliphatic heterocycles. The van der Waals surface area contributed by atoms with E-state index in [4.69, 9.17) is 44.5 Å². The molecule has 0 aliphatic carbocycles. The van der Waals surface area contributed by atoms with E-state index in [0.29, 0.717) is 13.2 Å². The molecular formula is C19H29O11PSSe. The van der Waals surface area contributed by atoms with Gasteiger partial charge < -0.3 is 0 Å². The van der Waals surface area contributed by atoms with E-state index in [0.717, 1.165) is 0 Å². The van der Waals surface area contributed by atoms with E-state index in [2.05, 4.69) is 0 Å². The molecule has 2 fully saturated rings. The topological polar surface area (TPSA) is 133 Å². The molecule has 2 rings (SSSR count). The van der Waals surface area contributed by atoms with Crippen LogP contribution in [0.25, 0.3) is 0 Å². The molecule has 188 valence electrons. The van der Waals surface area contributed by atoms with E-state index in [1.165, 1.54) is 27.7 Å². The molecule has 14 heteroatoms. The third kappa shape index (κ3) is 8.58. The summed E-state index contributed by atoms with van der Waals surface area (Å²) >= 11 is 4.97. The van der Waals surface area contributed by atoms with Gasteiger partial charge in [-0.2, -0.15) is 0 Å². The van der Waals surface area contributed by atoms with Crippen LogP contribution in [0, 0.1) is 5.41 Å². The van der Waals surface area contributed by atoms with Crippen LogP contribution < -0.4 is 0 Å². The van der Waals surface area contributed by atoms with Crippen molar-refractivity contribution in [1.82, 2.24) is 0 Å². The summed E-state index contributed by atoms with van der Waals surface area (Å²) in [4.78, 5) is 47.0. The zero-order valence-corrected chi connectivity index (χ0v) is 22.7. The first kappa shape index (κ1) is 28.2. The van der Waals surface area contributed by atoms with Gasteiger partial charge in [-0.3, -0.25) is 0 Å². The fourth-order valence-corrected chi connectivity index (χ4v) is 11.2. The van der Waals surface area contributed by atoms with Crippen molar-refractivity contribution in [2.75, 3.05) is 19.8 Å². The standard InChI is InChI=1S/C19H29O11PSSe/c1-10(20)24-7-14-15(27-11(2)21)16(28-12(3)22)17(29-13(4)23)18(30-14)33-31(32)25-8-19(5,6)9-26-31/h14-18H,7-9H2,1-6H3/t14-,15-,16+,17-,18+/m1/s1. The normalized spacial score (nSPS) is 30.5. The van der Waals surface area contributed by atoms with Crippen LogP contribution in [0.5, 0.6) is 0 Å². The van der Waals surface area contributed by atoms with Crippen LogP contribution in [0.1, 0.15) is 41.5 Å². The van der Waals surface area contributed by atoms with Crippen LogP contribution in [-0.4, -0.2) is 87.6 Å². The quantitative estimate of drug-likeness (QED) is 0.186. The molecule has 2 aliphatic rings. The number of rotatable bonds is 7. The van der Waals surface area contributed by atoms with Crippen molar-refractivity contribution in [3.05, 3.63) is 0 Å². The number of carbonyl (C=O) groups excluding carboxylic acids is 4. The molecule has 5 atom stereocenters. The van der Waals surface area contributed by atoms with Crippen molar-refractivity contribution < 1.29 is 51.9 Å². The first-order valence-electron chi connectivity index (χ1n) is 10.1. The predicted octanol–water partition coefficient (Wildman–Crippen LogP) is 1.07. The second-order valence-corrected chi connectivity index (χ2v) is 18.3. The Bertz CT molecular complexity index is 806. The molecular weight excluding hydrogens is 546 g/mol. The molecule has 0 saturated carbocycles. The molecule has 0 bridgehead atoms. The van der Waals surface area contributed by atoms with Crippen molar-refractivity contribution in [3.63, 3.8) is 0 Å². The number of esters is 4. The van der Waals surface area contributed by atoms with E-state index < -0.39 is 73.0 Å². The van der Waals surface area contributed by atoms with Crippen LogP contribution >= 0.6 is 5.18 Å². The molecule has 0 N–H and O–H groups in total. The number of carbonyl (C=O) groups is 4. The van der Waals surface area contributed by atoms with E-state index in [1.807, 2.05) is 13.8 Å². The van der Waals surface area contributed by atoms with Crippen molar-refractivity contribution in [3.8, 4) is 0 Å². The second kappa shape index (κ2) is 11.6. The molecule has 0 radical (unpaired) electrons. The monoisotopic (exact) mass is 576 g/mol. The van der Waals surface area contributed by atoms with E-state index in [-0.39, 0.29) is 12.0 Å². The summed E-state index contributed by atoms with van der Waals surface area (Å²) in [6.45, 7) is 9.18. The average molecular weight is 575 g/mol. The van der Waals surface area contributed by atoms with Crippen LogP contribution in [0.3, 0.4) is 0 Å². The summed E-state index contributed by atoms with van der Waals surface area (Å²) < 4.78 is 39.3. The minimum atomic E-state index is -2.79. The molecule has 2 heterocycles. The predicted molar refractivity (Wildman–Crippen MR) is 118 cm³/mol. The van der Waals surface area contributed by atoms with Gasteiger partial charge in [-0.15, -0.1) is 0 Å². The zero-order valence-electron chi connectivity index (χ0n) is 19.3. The summed E-state index contributed by atoms with van der Waals surface area (Å²) in [6.07, 6.45) is -4.58. The van der Waals surface area contributed by atoms with Crippen LogP contribution in [-0.2, 0) is 63.7 Å². The Balaban J connectivity index is 2.40. The Kier molecular flexibility index (Phi) is 9.88. The summed E-state index contributed by atoms with van der Waals surface area (Å²) in [7, 11) is 0. The van der Waals surface area contributed by atoms with Crippen molar-refractivity contribution in [2.45, 2.75) is 71.0 Å². The number of ether oxygens (including phenoxy) is 5. The molecule has 2 saturated heterocycles. The molecule has 0 unspecified atom stereocenters. The first-order valence-corrected chi connectivity index (χ1v) is 15.9. The second-order valence-electron chi connectivity index (χ2n) is 8.33. The minimum absolute atomic E-state index is 0.209. The van der Waals surface area contributed by atoms with Crippen LogP contribution in [0.2, 0.25) is 0 Å². The molecule has 0 aromatic carbocycles. The maximum atomic E-state index is 11.9. The van der Waals surface area contributed by atoms with Crippen LogP contribution in [0.15, 0.2) is 0 Å². The van der Waals surface area contributed by atoms with Gasteiger partial charge in [-0.25, -0.2) is 0 Å². The van der Waals surface area contributed by atoms with Gasteiger partial charge in [0, 0.05) is 0 Å². The Labute approximate surface area is 203 Å². The third-order valence-corrected chi connectivity index (χ3v) is 12.8. The van der Waals surface area contributed by atoms with Crippen molar-refractivity contribution >= 4 is 55.4 Å². The van der Waals surface area contributed by atoms with Crippen molar-refractivity contribution in [2.24, 2.45) is 5.41 Å². The molecule has 0 spiro atoms.